The zero-order valence-electron chi connectivity index (χ0n) is 16.9. The van der Waals surface area contributed by atoms with E-state index in [1.165, 1.54) is 12.1 Å². The van der Waals surface area contributed by atoms with E-state index < -0.39 is 10.8 Å². The molecule has 0 aliphatic heterocycles. The summed E-state index contributed by atoms with van der Waals surface area (Å²) < 4.78 is 0. The highest BCUT2D eigenvalue weighted by Crippen LogP contribution is 2.22. The molecule has 0 aliphatic rings. The van der Waals surface area contributed by atoms with Crippen LogP contribution in [0.5, 0.6) is 0 Å². The van der Waals surface area contributed by atoms with Gasteiger partial charge in [0.2, 0.25) is 5.91 Å². The molecule has 8 nitrogen and oxygen atoms in total. The number of benzene rings is 2. The van der Waals surface area contributed by atoms with Gasteiger partial charge in [-0.25, -0.2) is 5.48 Å². The number of amides is 2. The average molecular weight is 444 g/mol. The summed E-state index contributed by atoms with van der Waals surface area (Å²) in [6.07, 6.45) is 3.96. The van der Waals surface area contributed by atoms with Gasteiger partial charge in [0.05, 0.1) is 4.92 Å². The molecule has 2 rings (SSSR count). The minimum absolute atomic E-state index is 0.0476. The maximum absolute atomic E-state index is 12.9. The molecule has 2 amide bonds. The number of carbonyl (C=O) groups excluding carboxylic acids is 2. The normalized spacial score (nSPS) is 11.1. The van der Waals surface area contributed by atoms with E-state index in [0.717, 1.165) is 17.5 Å². The van der Waals surface area contributed by atoms with Crippen LogP contribution in [0.25, 0.3) is 11.6 Å². The van der Waals surface area contributed by atoms with E-state index in [4.69, 9.17) is 5.21 Å². The molecule has 31 heavy (non-hydrogen) atoms. The fraction of sp³-hybridized carbons (Fsp3) is 0.273. The Morgan fingerprint density at radius 1 is 1.03 bits per heavy atom. The summed E-state index contributed by atoms with van der Waals surface area (Å²) >= 11 is 4.24. The number of rotatable bonds is 11. The molecule has 9 heteroatoms. The first-order chi connectivity index (χ1) is 14.9. The molecular weight excluding hydrogens is 418 g/mol. The van der Waals surface area contributed by atoms with Crippen molar-refractivity contribution in [2.75, 3.05) is 6.54 Å². The highest BCUT2D eigenvalue weighted by molar-refractivity contribution is 7.79. The van der Waals surface area contributed by atoms with Crippen LogP contribution in [0, 0.1) is 10.1 Å². The van der Waals surface area contributed by atoms with Crippen LogP contribution in [-0.4, -0.2) is 28.5 Å². The fourth-order valence-electron chi connectivity index (χ4n) is 2.87. The van der Waals surface area contributed by atoms with Crippen LogP contribution in [0.3, 0.4) is 0 Å². The highest BCUT2D eigenvalue weighted by Gasteiger charge is 2.14. The molecule has 0 aromatic heterocycles. The van der Waals surface area contributed by atoms with Gasteiger partial charge in [-0.15, -0.1) is 0 Å². The van der Waals surface area contributed by atoms with E-state index in [2.05, 4.69) is 17.9 Å². The number of hydroxylamine groups is 1. The van der Waals surface area contributed by atoms with E-state index in [-0.39, 0.29) is 18.0 Å². The lowest BCUT2D eigenvalue weighted by Gasteiger charge is -2.10. The minimum Gasteiger partial charge on any atom is -0.352 e. The summed E-state index contributed by atoms with van der Waals surface area (Å²) in [6, 6.07) is 13.5. The maximum atomic E-state index is 12.9. The summed E-state index contributed by atoms with van der Waals surface area (Å²) in [4.78, 5) is 34.3. The van der Waals surface area contributed by atoms with Gasteiger partial charge < -0.3 is 5.32 Å². The average Bonchev–Trinajstić information content (AvgIpc) is 2.79. The van der Waals surface area contributed by atoms with Crippen molar-refractivity contribution < 1.29 is 19.7 Å². The van der Waals surface area contributed by atoms with Crippen molar-refractivity contribution in [1.29, 1.82) is 0 Å². The number of hydrogen-bond acceptors (Lipinski definition) is 6. The molecule has 0 fully saturated rings. The molecule has 0 heterocycles. The Morgan fingerprint density at radius 3 is 2.29 bits per heavy atom. The molecule has 3 N–H and O–H groups in total. The first-order valence-corrected chi connectivity index (χ1v) is 10.5. The molecule has 2 aromatic rings. The molecule has 0 radical (unpaired) electrons. The second kappa shape index (κ2) is 12.5. The standard InChI is InChI=1S/C22H25N3O5S/c26-21(24-28)4-2-1-3-13-23-22(27)20(14-16-5-7-17(15-31)8-6-16)18-9-11-19(12-10-18)25(29)30/h5-12,14,28,31H,1-4,13,15H2,(H,23,27)(H,24,26)/b20-14-. The predicted octanol–water partition coefficient (Wildman–Crippen LogP) is 3.75. The van der Waals surface area contributed by atoms with Crippen LogP contribution in [0.4, 0.5) is 5.69 Å². The molecular formula is C22H25N3O5S. The second-order valence-corrected chi connectivity index (χ2v) is 7.18. The van der Waals surface area contributed by atoms with Crippen molar-refractivity contribution in [3.05, 3.63) is 75.3 Å². The third-order valence-electron chi connectivity index (χ3n) is 4.60. The second-order valence-electron chi connectivity index (χ2n) is 6.86. The Kier molecular flexibility index (Phi) is 9.73. The predicted molar refractivity (Wildman–Crippen MR) is 122 cm³/mol. The van der Waals surface area contributed by atoms with Gasteiger partial charge in [0.15, 0.2) is 0 Å². The van der Waals surface area contributed by atoms with Crippen LogP contribution in [0.2, 0.25) is 0 Å². The zero-order chi connectivity index (χ0) is 22.6. The molecule has 0 saturated carbocycles. The molecule has 0 saturated heterocycles. The van der Waals surface area contributed by atoms with Gasteiger partial charge in [0.1, 0.15) is 0 Å². The van der Waals surface area contributed by atoms with Crippen LogP contribution in [0.15, 0.2) is 48.5 Å². The van der Waals surface area contributed by atoms with Crippen molar-refractivity contribution in [3.8, 4) is 0 Å². The molecule has 0 spiro atoms. The van der Waals surface area contributed by atoms with Gasteiger partial charge in [0, 0.05) is 36.4 Å². The maximum Gasteiger partial charge on any atom is 0.269 e. The van der Waals surface area contributed by atoms with E-state index in [9.17, 15) is 19.7 Å². The van der Waals surface area contributed by atoms with E-state index >= 15 is 0 Å². The number of unbranched alkanes of at least 4 members (excludes halogenated alkanes) is 2. The van der Waals surface area contributed by atoms with E-state index in [1.807, 2.05) is 24.3 Å². The molecule has 164 valence electrons. The Bertz CT molecular complexity index is 927. The summed E-state index contributed by atoms with van der Waals surface area (Å²) in [6.45, 7) is 0.419. The number of nitro groups is 1. The van der Waals surface area contributed by atoms with Crippen molar-refractivity contribution in [2.24, 2.45) is 0 Å². The van der Waals surface area contributed by atoms with Gasteiger partial charge in [-0.3, -0.25) is 24.9 Å². The monoisotopic (exact) mass is 443 g/mol. The summed E-state index contributed by atoms with van der Waals surface area (Å²) in [5, 5.41) is 22.3. The first kappa shape index (κ1) is 24.1. The number of nitro benzene ring substituents is 1. The fourth-order valence-corrected chi connectivity index (χ4v) is 3.08. The van der Waals surface area contributed by atoms with Crippen LogP contribution >= 0.6 is 12.6 Å². The number of hydrogen-bond donors (Lipinski definition) is 4. The number of nitrogens with zero attached hydrogens (tertiary/aromatic N) is 1. The lowest BCUT2D eigenvalue weighted by atomic mass is 10.0. The molecule has 0 atom stereocenters. The van der Waals surface area contributed by atoms with E-state index in [0.29, 0.717) is 36.3 Å². The Morgan fingerprint density at radius 2 is 1.71 bits per heavy atom. The summed E-state index contributed by atoms with van der Waals surface area (Å²) in [7, 11) is 0. The van der Waals surface area contributed by atoms with Crippen molar-refractivity contribution in [3.63, 3.8) is 0 Å². The van der Waals surface area contributed by atoms with Gasteiger partial charge in [-0.2, -0.15) is 12.6 Å². The third-order valence-corrected chi connectivity index (χ3v) is 4.96. The third kappa shape index (κ3) is 7.88. The minimum atomic E-state index is -0.486. The topological polar surface area (TPSA) is 122 Å². The quantitative estimate of drug-likeness (QED) is 0.0802. The van der Waals surface area contributed by atoms with Crippen molar-refractivity contribution >= 4 is 41.8 Å². The van der Waals surface area contributed by atoms with Crippen LogP contribution < -0.4 is 10.8 Å². The zero-order valence-corrected chi connectivity index (χ0v) is 17.8. The van der Waals surface area contributed by atoms with Crippen LogP contribution in [0.1, 0.15) is 42.4 Å². The largest absolute Gasteiger partial charge is 0.352 e. The van der Waals surface area contributed by atoms with Crippen molar-refractivity contribution in [1.82, 2.24) is 10.8 Å². The van der Waals surface area contributed by atoms with Gasteiger partial charge >= 0.3 is 0 Å². The SMILES string of the molecule is O=C(CCCCCNC(=O)/C(=C\c1ccc(CS)cc1)c1ccc([N+](=O)[O-])cc1)NO. The van der Waals surface area contributed by atoms with Crippen LogP contribution in [-0.2, 0) is 15.3 Å². The van der Waals surface area contributed by atoms with Crippen molar-refractivity contribution in [2.45, 2.75) is 31.4 Å². The number of non-ortho nitro benzene ring substituents is 1. The van der Waals surface area contributed by atoms with E-state index in [1.54, 1.807) is 23.7 Å². The van der Waals surface area contributed by atoms with Gasteiger partial charge in [-0.05, 0) is 47.7 Å². The molecule has 0 bridgehead atoms. The Hall–Kier alpha value is -3.17. The number of thiol groups is 1. The number of carbonyl (C=O) groups is 2. The highest BCUT2D eigenvalue weighted by atomic mass is 32.1. The smallest absolute Gasteiger partial charge is 0.269 e. The molecule has 0 unspecified atom stereocenters. The lowest BCUT2D eigenvalue weighted by molar-refractivity contribution is -0.384. The number of nitrogens with one attached hydrogen (secondary N) is 2. The van der Waals surface area contributed by atoms with Gasteiger partial charge in [-0.1, -0.05) is 30.7 Å². The molecule has 2 aromatic carbocycles. The summed E-state index contributed by atoms with van der Waals surface area (Å²) in [5.41, 5.74) is 4.38. The van der Waals surface area contributed by atoms with Gasteiger partial charge in [0.25, 0.3) is 11.6 Å². The lowest BCUT2D eigenvalue weighted by Crippen LogP contribution is -2.25. The first-order valence-electron chi connectivity index (χ1n) is 9.82. The Balaban J connectivity index is 2.11. The Labute approximate surface area is 185 Å². The molecule has 0 aliphatic carbocycles. The summed E-state index contributed by atoms with van der Waals surface area (Å²) in [5.74, 6) is -0.115.